The van der Waals surface area contributed by atoms with Gasteiger partial charge in [0.05, 0.1) is 0 Å². The van der Waals surface area contributed by atoms with Crippen LogP contribution in [0, 0.1) is 0 Å². The molecule has 2 aromatic rings. The van der Waals surface area contributed by atoms with Crippen molar-refractivity contribution >= 4 is 0 Å². The molecule has 0 aliphatic carbocycles. The van der Waals surface area contributed by atoms with Crippen LogP contribution in [0.4, 0.5) is 0 Å². The summed E-state index contributed by atoms with van der Waals surface area (Å²) in [6.07, 6.45) is 5.58. The minimum absolute atomic E-state index is 0.189. The van der Waals surface area contributed by atoms with Gasteiger partial charge in [-0.05, 0) is 12.0 Å². The highest BCUT2D eigenvalue weighted by Gasteiger charge is 2.11. The zero-order valence-electron chi connectivity index (χ0n) is 10.1. The Kier molecular flexibility index (Phi) is 3.94. The number of hydrogen-bond donors (Lipinski definition) is 1. The van der Waals surface area contributed by atoms with E-state index in [0.717, 1.165) is 18.7 Å². The summed E-state index contributed by atoms with van der Waals surface area (Å²) >= 11 is 0. The van der Waals surface area contributed by atoms with Gasteiger partial charge >= 0.3 is 0 Å². The number of hydrogen-bond acceptors (Lipinski definition) is 2. The van der Waals surface area contributed by atoms with Crippen LogP contribution in [-0.2, 0) is 13.5 Å². The van der Waals surface area contributed by atoms with Crippen molar-refractivity contribution in [3.05, 3.63) is 54.1 Å². The summed E-state index contributed by atoms with van der Waals surface area (Å²) in [5.41, 5.74) is 1.20. The molecule has 1 N–H and O–H groups in total. The fourth-order valence-electron chi connectivity index (χ4n) is 2.03. The molecular weight excluding hydrogens is 212 g/mol. The lowest BCUT2D eigenvalue weighted by Gasteiger charge is -2.14. The zero-order chi connectivity index (χ0) is 12.1. The minimum atomic E-state index is 0.189. The monoisotopic (exact) mass is 230 g/mol. The number of aromatic nitrogens is 2. The number of aliphatic hydroxyl groups excluding tert-OH is 1. The van der Waals surface area contributed by atoms with Gasteiger partial charge in [0.25, 0.3) is 0 Å². The van der Waals surface area contributed by atoms with Crippen LogP contribution in [0.3, 0.4) is 0 Å². The van der Waals surface area contributed by atoms with Crippen LogP contribution < -0.4 is 0 Å². The summed E-state index contributed by atoms with van der Waals surface area (Å²) in [7, 11) is 2.00. The zero-order valence-corrected chi connectivity index (χ0v) is 10.1. The summed E-state index contributed by atoms with van der Waals surface area (Å²) in [5, 5.41) is 9.45. The third-order valence-electron chi connectivity index (χ3n) is 3.13. The molecule has 0 amide bonds. The van der Waals surface area contributed by atoms with Gasteiger partial charge in [-0.25, -0.2) is 4.98 Å². The van der Waals surface area contributed by atoms with Crippen LogP contribution in [0.15, 0.2) is 42.7 Å². The molecule has 0 saturated heterocycles. The molecule has 0 saturated carbocycles. The van der Waals surface area contributed by atoms with Crippen LogP contribution >= 0.6 is 0 Å². The molecule has 0 radical (unpaired) electrons. The molecule has 0 aliphatic rings. The average molecular weight is 230 g/mol. The van der Waals surface area contributed by atoms with E-state index in [4.69, 9.17) is 0 Å². The minimum Gasteiger partial charge on any atom is -0.396 e. The van der Waals surface area contributed by atoms with E-state index in [9.17, 15) is 5.11 Å². The van der Waals surface area contributed by atoms with Crippen molar-refractivity contribution in [3.63, 3.8) is 0 Å². The van der Waals surface area contributed by atoms with E-state index in [-0.39, 0.29) is 12.5 Å². The third kappa shape index (κ3) is 2.94. The Morgan fingerprint density at radius 1 is 1.29 bits per heavy atom. The summed E-state index contributed by atoms with van der Waals surface area (Å²) in [4.78, 5) is 4.30. The maximum absolute atomic E-state index is 9.45. The van der Waals surface area contributed by atoms with E-state index in [1.54, 1.807) is 0 Å². The first-order chi connectivity index (χ1) is 8.31. The molecule has 1 atom stereocenters. The molecule has 90 valence electrons. The van der Waals surface area contributed by atoms with Gasteiger partial charge in [0, 0.05) is 38.4 Å². The van der Waals surface area contributed by atoms with Gasteiger partial charge in [-0.1, -0.05) is 30.3 Å². The van der Waals surface area contributed by atoms with E-state index in [1.165, 1.54) is 5.56 Å². The summed E-state index contributed by atoms with van der Waals surface area (Å²) in [6.45, 7) is 0.189. The molecule has 1 aromatic carbocycles. The van der Waals surface area contributed by atoms with Crippen LogP contribution in [0.2, 0.25) is 0 Å². The largest absolute Gasteiger partial charge is 0.396 e. The van der Waals surface area contributed by atoms with Gasteiger partial charge in [-0.2, -0.15) is 0 Å². The molecule has 0 aliphatic heterocycles. The number of imidazole rings is 1. The van der Waals surface area contributed by atoms with Crippen LogP contribution in [0.25, 0.3) is 0 Å². The maximum atomic E-state index is 9.45. The lowest BCUT2D eigenvalue weighted by atomic mass is 9.95. The lowest BCUT2D eigenvalue weighted by Crippen LogP contribution is -2.07. The molecule has 0 fully saturated rings. The summed E-state index contributed by atoms with van der Waals surface area (Å²) in [6, 6.07) is 10.2. The Morgan fingerprint density at radius 2 is 2.06 bits per heavy atom. The molecule has 3 heteroatoms. The van der Waals surface area contributed by atoms with Crippen molar-refractivity contribution in [2.24, 2.45) is 7.05 Å². The lowest BCUT2D eigenvalue weighted by molar-refractivity contribution is 0.258. The number of benzene rings is 1. The second-order valence-electron chi connectivity index (χ2n) is 4.28. The Hall–Kier alpha value is -1.61. The molecule has 1 unspecified atom stereocenters. The van der Waals surface area contributed by atoms with E-state index in [1.807, 2.05) is 42.2 Å². The van der Waals surface area contributed by atoms with E-state index >= 15 is 0 Å². The molecular formula is C14H18N2O. The smallest absolute Gasteiger partial charge is 0.108 e. The third-order valence-corrected chi connectivity index (χ3v) is 3.13. The predicted molar refractivity (Wildman–Crippen MR) is 67.8 cm³/mol. The molecule has 1 aromatic heterocycles. The number of aryl methyl sites for hydroxylation is 2. The second kappa shape index (κ2) is 5.64. The van der Waals surface area contributed by atoms with Crippen LogP contribution in [0.1, 0.15) is 23.7 Å². The van der Waals surface area contributed by atoms with Crippen LogP contribution in [0.5, 0.6) is 0 Å². The van der Waals surface area contributed by atoms with Crippen LogP contribution in [-0.4, -0.2) is 21.3 Å². The van der Waals surface area contributed by atoms with Gasteiger partial charge in [0.1, 0.15) is 5.82 Å². The fourth-order valence-corrected chi connectivity index (χ4v) is 2.03. The topological polar surface area (TPSA) is 38.0 Å². The number of rotatable bonds is 5. The first-order valence-corrected chi connectivity index (χ1v) is 5.93. The first kappa shape index (κ1) is 11.9. The van der Waals surface area contributed by atoms with Crippen molar-refractivity contribution in [1.82, 2.24) is 9.55 Å². The molecule has 17 heavy (non-hydrogen) atoms. The highest BCUT2D eigenvalue weighted by molar-refractivity contribution is 5.19. The van der Waals surface area contributed by atoms with Gasteiger partial charge < -0.3 is 9.67 Å². The maximum Gasteiger partial charge on any atom is 0.108 e. The highest BCUT2D eigenvalue weighted by Crippen LogP contribution is 2.20. The molecule has 2 rings (SSSR count). The predicted octanol–water partition coefficient (Wildman–Crippen LogP) is 2.13. The Balaban J connectivity index is 1.99. The first-order valence-electron chi connectivity index (χ1n) is 5.93. The fraction of sp³-hybridized carbons (Fsp3) is 0.357. The highest BCUT2D eigenvalue weighted by atomic mass is 16.3. The average Bonchev–Trinajstić information content (AvgIpc) is 2.77. The quantitative estimate of drug-likeness (QED) is 0.854. The van der Waals surface area contributed by atoms with Gasteiger partial charge in [-0.3, -0.25) is 0 Å². The second-order valence-corrected chi connectivity index (χ2v) is 4.28. The summed E-state index contributed by atoms with van der Waals surface area (Å²) < 4.78 is 2.03. The Labute approximate surface area is 102 Å². The molecule has 0 bridgehead atoms. The molecule has 1 heterocycles. The standard InChI is InChI=1S/C14H18N2O/c1-16-10-9-15-14(16)8-7-13(11-17)12-5-3-2-4-6-12/h2-6,9-10,13,17H,7-8,11H2,1H3. The van der Waals surface area contributed by atoms with Crippen molar-refractivity contribution in [2.75, 3.05) is 6.61 Å². The van der Waals surface area contributed by atoms with Gasteiger partial charge in [-0.15, -0.1) is 0 Å². The summed E-state index contributed by atoms with van der Waals surface area (Å²) in [5.74, 6) is 1.27. The van der Waals surface area contributed by atoms with Crippen molar-refractivity contribution in [3.8, 4) is 0 Å². The van der Waals surface area contributed by atoms with Crippen molar-refractivity contribution in [1.29, 1.82) is 0 Å². The molecule has 3 nitrogen and oxygen atoms in total. The van der Waals surface area contributed by atoms with Crippen molar-refractivity contribution in [2.45, 2.75) is 18.8 Å². The van der Waals surface area contributed by atoms with Gasteiger partial charge in [0.15, 0.2) is 0 Å². The van der Waals surface area contributed by atoms with E-state index < -0.39 is 0 Å². The van der Waals surface area contributed by atoms with Crippen molar-refractivity contribution < 1.29 is 5.11 Å². The Morgan fingerprint density at radius 3 is 2.65 bits per heavy atom. The SMILES string of the molecule is Cn1ccnc1CCC(CO)c1ccccc1. The number of nitrogens with zero attached hydrogens (tertiary/aromatic N) is 2. The van der Waals surface area contributed by atoms with E-state index in [2.05, 4.69) is 17.1 Å². The normalized spacial score (nSPS) is 12.6. The van der Waals surface area contributed by atoms with Gasteiger partial charge in [0.2, 0.25) is 0 Å². The number of aliphatic hydroxyl groups is 1. The molecule has 0 spiro atoms. The van der Waals surface area contributed by atoms with E-state index in [0.29, 0.717) is 0 Å². The Bertz CT molecular complexity index is 450.